The van der Waals surface area contributed by atoms with Crippen LogP contribution in [0.3, 0.4) is 0 Å². The number of halogens is 3. The van der Waals surface area contributed by atoms with Gasteiger partial charge in [-0.25, -0.2) is 0 Å². The maximum absolute atomic E-state index is 6.10. The summed E-state index contributed by atoms with van der Waals surface area (Å²) in [5.41, 5.74) is 2.41. The third-order valence-corrected chi connectivity index (χ3v) is 3.68. The first-order valence-corrected chi connectivity index (χ1v) is 6.16. The van der Waals surface area contributed by atoms with Crippen LogP contribution in [-0.2, 0) is 0 Å². The lowest BCUT2D eigenvalue weighted by Gasteiger charge is -2.17. The summed E-state index contributed by atoms with van der Waals surface area (Å²) in [5.74, 6) is 0. The third kappa shape index (κ3) is 2.69. The molecule has 0 nitrogen and oxygen atoms in total. The molecule has 80 valence electrons. The van der Waals surface area contributed by atoms with E-state index >= 15 is 0 Å². The van der Waals surface area contributed by atoms with E-state index in [0.29, 0.717) is 10.0 Å². The van der Waals surface area contributed by atoms with Gasteiger partial charge in [0.05, 0.1) is 15.4 Å². The highest BCUT2D eigenvalue weighted by Gasteiger charge is 2.13. The van der Waals surface area contributed by atoms with Gasteiger partial charge in [-0.3, -0.25) is 0 Å². The van der Waals surface area contributed by atoms with Crippen LogP contribution >= 0.6 is 34.8 Å². The molecule has 0 radical (unpaired) electrons. The molecule has 1 aromatic carbocycles. The van der Waals surface area contributed by atoms with Crippen LogP contribution in [0.5, 0.6) is 0 Å². The summed E-state index contributed by atoms with van der Waals surface area (Å²) in [6, 6.07) is 5.73. The minimum atomic E-state index is 0.156. The second kappa shape index (κ2) is 4.78. The maximum atomic E-state index is 6.10. The quantitative estimate of drug-likeness (QED) is 0.612. The summed E-state index contributed by atoms with van der Waals surface area (Å²) in [7, 11) is 0. The molecule has 1 atom stereocenters. The number of hydrogen-bond donors (Lipinski definition) is 0. The average Bonchev–Trinajstić information content (AvgIpc) is 2.22. The number of alkyl halides is 1. The molecule has 15 heavy (non-hydrogen) atoms. The van der Waals surface area contributed by atoms with Crippen molar-refractivity contribution in [2.45, 2.75) is 24.6 Å². The second-order valence-corrected chi connectivity index (χ2v) is 5.10. The van der Waals surface area contributed by atoms with Gasteiger partial charge in [-0.05, 0) is 42.5 Å². The van der Waals surface area contributed by atoms with Crippen molar-refractivity contribution in [1.82, 2.24) is 0 Å². The van der Waals surface area contributed by atoms with Gasteiger partial charge in [-0.15, -0.1) is 11.6 Å². The zero-order chi connectivity index (χ0) is 10.8. The molecule has 0 aromatic heterocycles. The van der Waals surface area contributed by atoms with Crippen LogP contribution < -0.4 is 0 Å². The zero-order valence-corrected chi connectivity index (χ0v) is 10.4. The highest BCUT2D eigenvalue weighted by Crippen LogP contribution is 2.32. The van der Waals surface area contributed by atoms with Gasteiger partial charge < -0.3 is 0 Å². The van der Waals surface area contributed by atoms with Crippen LogP contribution in [0, 0.1) is 0 Å². The molecule has 2 rings (SSSR count). The summed E-state index contributed by atoms with van der Waals surface area (Å²) in [5, 5.41) is 1.36. The van der Waals surface area contributed by atoms with E-state index in [1.165, 1.54) is 5.57 Å². The zero-order valence-electron chi connectivity index (χ0n) is 8.14. The molecule has 0 saturated carbocycles. The molecule has 0 saturated heterocycles. The van der Waals surface area contributed by atoms with Crippen LogP contribution in [0.15, 0.2) is 24.3 Å². The smallest absolute Gasteiger partial charge is 0.0598 e. The number of hydrogen-bond acceptors (Lipinski definition) is 0. The second-order valence-electron chi connectivity index (χ2n) is 3.73. The Labute approximate surface area is 105 Å². The maximum Gasteiger partial charge on any atom is 0.0598 e. The first-order chi connectivity index (χ1) is 7.16. The van der Waals surface area contributed by atoms with Gasteiger partial charge in [0.25, 0.3) is 0 Å². The van der Waals surface area contributed by atoms with E-state index in [2.05, 4.69) is 6.08 Å². The van der Waals surface area contributed by atoms with Crippen LogP contribution in [0.25, 0.3) is 5.57 Å². The Balaban J connectivity index is 2.33. The predicted octanol–water partition coefficient (Wildman–Crippen LogP) is 5.17. The van der Waals surface area contributed by atoms with E-state index in [4.69, 9.17) is 34.8 Å². The van der Waals surface area contributed by atoms with Gasteiger partial charge in [0, 0.05) is 0 Å². The van der Waals surface area contributed by atoms with E-state index in [9.17, 15) is 0 Å². The van der Waals surface area contributed by atoms with Crippen molar-refractivity contribution in [3.8, 4) is 0 Å². The van der Waals surface area contributed by atoms with Gasteiger partial charge in [0.2, 0.25) is 0 Å². The van der Waals surface area contributed by atoms with Crippen molar-refractivity contribution < 1.29 is 0 Å². The summed E-state index contributed by atoms with van der Waals surface area (Å²) in [6.45, 7) is 0. The lowest BCUT2D eigenvalue weighted by Crippen LogP contribution is -2.02. The van der Waals surface area contributed by atoms with Gasteiger partial charge in [0.15, 0.2) is 0 Å². The minimum absolute atomic E-state index is 0.156. The lowest BCUT2D eigenvalue weighted by atomic mass is 9.93. The summed E-state index contributed by atoms with van der Waals surface area (Å²) in [4.78, 5) is 0. The first-order valence-electron chi connectivity index (χ1n) is 4.97. The predicted molar refractivity (Wildman–Crippen MR) is 67.9 cm³/mol. The highest BCUT2D eigenvalue weighted by atomic mass is 35.5. The molecule has 0 heterocycles. The Morgan fingerprint density at radius 3 is 2.60 bits per heavy atom. The van der Waals surface area contributed by atoms with Crippen molar-refractivity contribution in [3.63, 3.8) is 0 Å². The number of rotatable bonds is 1. The number of benzene rings is 1. The molecule has 0 fully saturated rings. The molecule has 1 unspecified atom stereocenters. The van der Waals surface area contributed by atoms with E-state index in [-0.39, 0.29) is 5.38 Å². The molecule has 0 spiro atoms. The fourth-order valence-electron chi connectivity index (χ4n) is 1.81. The standard InChI is InChI=1S/C12H11Cl3/c13-10-3-1-2-8(6-10)9-4-5-11(14)12(15)7-9/h4-7,10H,1-3H2. The molecular weight excluding hydrogens is 250 g/mol. The van der Waals surface area contributed by atoms with Crippen molar-refractivity contribution in [3.05, 3.63) is 39.9 Å². The monoisotopic (exact) mass is 260 g/mol. The largest absolute Gasteiger partial charge is 0.118 e. The SMILES string of the molecule is Clc1ccc(C2=CC(Cl)CCC2)cc1Cl. The Bertz CT molecular complexity index is 396. The van der Waals surface area contributed by atoms with Gasteiger partial charge in [-0.2, -0.15) is 0 Å². The lowest BCUT2D eigenvalue weighted by molar-refractivity contribution is 0.747. The van der Waals surface area contributed by atoms with Crippen molar-refractivity contribution in [2.75, 3.05) is 0 Å². The number of allylic oxidation sites excluding steroid dienone is 2. The first kappa shape index (κ1) is 11.3. The molecular formula is C12H11Cl3. The molecule has 0 N–H and O–H groups in total. The van der Waals surface area contributed by atoms with Gasteiger partial charge in [0.1, 0.15) is 0 Å². The van der Waals surface area contributed by atoms with E-state index in [1.54, 1.807) is 0 Å². The fourth-order valence-corrected chi connectivity index (χ4v) is 2.41. The Morgan fingerprint density at radius 2 is 1.93 bits per heavy atom. The topological polar surface area (TPSA) is 0 Å². The molecule has 1 aliphatic carbocycles. The van der Waals surface area contributed by atoms with E-state index < -0.39 is 0 Å². The third-order valence-electron chi connectivity index (χ3n) is 2.60. The molecule has 1 aliphatic rings. The molecule has 0 amide bonds. The minimum Gasteiger partial charge on any atom is -0.118 e. The molecule has 0 bridgehead atoms. The van der Waals surface area contributed by atoms with Crippen LogP contribution in [0.1, 0.15) is 24.8 Å². The van der Waals surface area contributed by atoms with Crippen molar-refractivity contribution in [2.24, 2.45) is 0 Å². The normalized spacial score (nSPS) is 21.3. The van der Waals surface area contributed by atoms with E-state index in [1.807, 2.05) is 18.2 Å². The van der Waals surface area contributed by atoms with Crippen molar-refractivity contribution >= 4 is 40.4 Å². The van der Waals surface area contributed by atoms with Crippen LogP contribution in [-0.4, -0.2) is 5.38 Å². The molecule has 1 aromatic rings. The fraction of sp³-hybridized carbons (Fsp3) is 0.333. The Hall–Kier alpha value is -0.170. The highest BCUT2D eigenvalue weighted by molar-refractivity contribution is 6.42. The van der Waals surface area contributed by atoms with Crippen LogP contribution in [0.4, 0.5) is 0 Å². The molecule has 0 aliphatic heterocycles. The Kier molecular flexibility index (Phi) is 3.60. The van der Waals surface area contributed by atoms with Gasteiger partial charge in [-0.1, -0.05) is 35.3 Å². The van der Waals surface area contributed by atoms with Crippen molar-refractivity contribution in [1.29, 1.82) is 0 Å². The average molecular weight is 262 g/mol. The Morgan fingerprint density at radius 1 is 1.13 bits per heavy atom. The summed E-state index contributed by atoms with van der Waals surface area (Å²) < 4.78 is 0. The van der Waals surface area contributed by atoms with Crippen LogP contribution in [0.2, 0.25) is 10.0 Å². The van der Waals surface area contributed by atoms with Gasteiger partial charge >= 0.3 is 0 Å². The summed E-state index contributed by atoms with van der Waals surface area (Å²) >= 11 is 17.9. The van der Waals surface area contributed by atoms with E-state index in [0.717, 1.165) is 24.8 Å². The summed E-state index contributed by atoms with van der Waals surface area (Å²) in [6.07, 6.45) is 5.39. The molecule has 3 heteroatoms.